The lowest BCUT2D eigenvalue weighted by molar-refractivity contribution is -0.133. The number of nitrogens with zero attached hydrogens (tertiary/aromatic N) is 3. The number of anilines is 1. The van der Waals surface area contributed by atoms with Crippen molar-refractivity contribution in [3.8, 4) is 11.5 Å². The molecule has 178 valence electrons. The number of aryl methyl sites for hydroxylation is 1. The lowest BCUT2D eigenvalue weighted by atomic mass is 10.2. The van der Waals surface area contributed by atoms with E-state index < -0.39 is 10.0 Å². The van der Waals surface area contributed by atoms with Crippen molar-refractivity contribution in [3.05, 3.63) is 48.0 Å². The molecule has 0 bridgehead atoms. The molecule has 2 aromatic rings. The zero-order chi connectivity index (χ0) is 23.4. The molecule has 2 aliphatic rings. The molecule has 0 N–H and O–H groups in total. The first-order valence-corrected chi connectivity index (χ1v) is 12.7. The van der Waals surface area contributed by atoms with E-state index in [2.05, 4.69) is 4.90 Å². The number of hydrogen-bond acceptors (Lipinski definition) is 6. The Morgan fingerprint density at radius 3 is 2.30 bits per heavy atom. The molecule has 0 aromatic heterocycles. The van der Waals surface area contributed by atoms with Crippen molar-refractivity contribution in [3.63, 3.8) is 0 Å². The highest BCUT2D eigenvalue weighted by atomic mass is 32.2. The topological polar surface area (TPSA) is 79.4 Å². The third-order valence-corrected chi connectivity index (χ3v) is 8.15. The first kappa shape index (κ1) is 23.4. The number of sulfonamides is 1. The monoisotopic (exact) mass is 473 g/mol. The van der Waals surface area contributed by atoms with Crippen LogP contribution in [0, 0.1) is 6.92 Å². The van der Waals surface area contributed by atoms with Crippen LogP contribution in [0.15, 0.2) is 47.4 Å². The molecular formula is C24H31N3O5S. The first-order chi connectivity index (χ1) is 15.9. The van der Waals surface area contributed by atoms with Gasteiger partial charge in [-0.3, -0.25) is 4.79 Å². The summed E-state index contributed by atoms with van der Waals surface area (Å²) >= 11 is 0. The summed E-state index contributed by atoms with van der Waals surface area (Å²) in [5.74, 6) is 1.27. The fourth-order valence-electron chi connectivity index (χ4n) is 4.34. The summed E-state index contributed by atoms with van der Waals surface area (Å²) in [6.07, 6.45) is 1.79. The number of piperazine rings is 1. The summed E-state index contributed by atoms with van der Waals surface area (Å²) in [5.41, 5.74) is 1.73. The Morgan fingerprint density at radius 2 is 1.64 bits per heavy atom. The highest BCUT2D eigenvalue weighted by Gasteiger charge is 2.28. The van der Waals surface area contributed by atoms with Gasteiger partial charge in [-0.05, 0) is 55.7 Å². The fourth-order valence-corrected chi connectivity index (χ4v) is 5.94. The van der Waals surface area contributed by atoms with Gasteiger partial charge in [0.15, 0.2) is 6.61 Å². The Morgan fingerprint density at radius 1 is 0.939 bits per heavy atom. The fraction of sp³-hybridized carbons (Fsp3) is 0.458. The lowest BCUT2D eigenvalue weighted by Gasteiger charge is -2.36. The standard InChI is InChI=1S/C24H31N3O5S/c1-19-17-20(33(29,30)27-11-5-6-12-27)9-10-22(19)32-18-24(28)26-15-13-25(14-16-26)21-7-3-4-8-23(21)31-2/h3-4,7-10,17H,5-6,11-16,18H2,1-2H3. The molecule has 2 aliphatic heterocycles. The van der Waals surface area contributed by atoms with Crippen LogP contribution >= 0.6 is 0 Å². The molecule has 4 rings (SSSR count). The van der Waals surface area contributed by atoms with Crippen LogP contribution in [-0.4, -0.2) is 76.5 Å². The number of para-hydroxylation sites is 2. The lowest BCUT2D eigenvalue weighted by Crippen LogP contribution is -2.50. The van der Waals surface area contributed by atoms with E-state index in [9.17, 15) is 13.2 Å². The van der Waals surface area contributed by atoms with E-state index in [1.807, 2.05) is 24.3 Å². The zero-order valence-corrected chi connectivity index (χ0v) is 20.0. The van der Waals surface area contributed by atoms with Crippen LogP contribution in [0.25, 0.3) is 0 Å². The predicted molar refractivity (Wildman–Crippen MR) is 126 cm³/mol. The van der Waals surface area contributed by atoms with Crippen LogP contribution in [0.4, 0.5) is 5.69 Å². The molecule has 0 atom stereocenters. The van der Waals surface area contributed by atoms with Gasteiger partial charge < -0.3 is 19.3 Å². The van der Waals surface area contributed by atoms with Crippen LogP contribution in [-0.2, 0) is 14.8 Å². The maximum atomic E-state index is 12.8. The minimum atomic E-state index is -3.47. The van der Waals surface area contributed by atoms with Crippen LogP contribution in [0.3, 0.4) is 0 Å². The van der Waals surface area contributed by atoms with Gasteiger partial charge in [0.05, 0.1) is 17.7 Å². The molecule has 2 heterocycles. The number of amides is 1. The molecule has 0 spiro atoms. The molecule has 0 unspecified atom stereocenters. The number of hydrogen-bond donors (Lipinski definition) is 0. The van der Waals surface area contributed by atoms with E-state index in [-0.39, 0.29) is 17.4 Å². The maximum Gasteiger partial charge on any atom is 0.260 e. The quantitative estimate of drug-likeness (QED) is 0.615. The zero-order valence-electron chi connectivity index (χ0n) is 19.2. The second-order valence-corrected chi connectivity index (χ2v) is 10.3. The van der Waals surface area contributed by atoms with Crippen molar-refractivity contribution in [1.82, 2.24) is 9.21 Å². The van der Waals surface area contributed by atoms with Crippen molar-refractivity contribution in [2.45, 2.75) is 24.7 Å². The third kappa shape index (κ3) is 5.09. The van der Waals surface area contributed by atoms with E-state index in [1.165, 1.54) is 4.31 Å². The van der Waals surface area contributed by atoms with Gasteiger partial charge in [0.2, 0.25) is 10.0 Å². The van der Waals surface area contributed by atoms with Gasteiger partial charge in [-0.15, -0.1) is 0 Å². The summed E-state index contributed by atoms with van der Waals surface area (Å²) in [7, 11) is -1.81. The van der Waals surface area contributed by atoms with E-state index in [0.717, 1.165) is 24.3 Å². The van der Waals surface area contributed by atoms with Gasteiger partial charge in [-0.2, -0.15) is 4.31 Å². The summed E-state index contributed by atoms with van der Waals surface area (Å²) in [6.45, 7) is 5.50. The molecule has 0 radical (unpaired) electrons. The van der Waals surface area contributed by atoms with Crippen molar-refractivity contribution >= 4 is 21.6 Å². The Kier molecular flexibility index (Phi) is 7.09. The van der Waals surface area contributed by atoms with Gasteiger partial charge in [0, 0.05) is 39.3 Å². The van der Waals surface area contributed by atoms with E-state index in [0.29, 0.717) is 50.6 Å². The van der Waals surface area contributed by atoms with Gasteiger partial charge in [0.25, 0.3) is 5.91 Å². The minimum Gasteiger partial charge on any atom is -0.495 e. The van der Waals surface area contributed by atoms with Crippen molar-refractivity contribution < 1.29 is 22.7 Å². The molecule has 0 saturated carbocycles. The molecule has 33 heavy (non-hydrogen) atoms. The Bertz CT molecular complexity index is 1090. The Labute approximate surface area is 195 Å². The minimum absolute atomic E-state index is 0.0757. The van der Waals surface area contributed by atoms with Gasteiger partial charge in [-0.1, -0.05) is 12.1 Å². The number of carbonyl (C=O) groups is 1. The maximum absolute atomic E-state index is 12.8. The molecule has 0 aliphatic carbocycles. The normalized spacial score (nSPS) is 17.3. The summed E-state index contributed by atoms with van der Waals surface area (Å²) in [5, 5.41) is 0. The summed E-state index contributed by atoms with van der Waals surface area (Å²) in [4.78, 5) is 17.0. The SMILES string of the molecule is COc1ccccc1N1CCN(C(=O)COc2ccc(S(=O)(=O)N3CCCC3)cc2C)CC1. The molecular weight excluding hydrogens is 442 g/mol. The molecule has 2 aromatic carbocycles. The number of benzene rings is 2. The van der Waals surface area contributed by atoms with Crippen molar-refractivity contribution in [2.75, 3.05) is 57.9 Å². The summed E-state index contributed by atoms with van der Waals surface area (Å²) < 4.78 is 38.2. The van der Waals surface area contributed by atoms with E-state index >= 15 is 0 Å². The molecule has 8 nitrogen and oxygen atoms in total. The molecule has 1 amide bonds. The molecule has 9 heteroatoms. The summed E-state index contributed by atoms with van der Waals surface area (Å²) in [6, 6.07) is 12.7. The number of ether oxygens (including phenoxy) is 2. The molecule has 2 fully saturated rings. The van der Waals surface area contributed by atoms with Crippen LogP contribution < -0.4 is 14.4 Å². The van der Waals surface area contributed by atoms with Gasteiger partial charge >= 0.3 is 0 Å². The third-order valence-electron chi connectivity index (χ3n) is 6.26. The average Bonchev–Trinajstić information content (AvgIpc) is 3.39. The van der Waals surface area contributed by atoms with Crippen LogP contribution in [0.1, 0.15) is 18.4 Å². The Balaban J connectivity index is 1.32. The Hall–Kier alpha value is -2.78. The van der Waals surface area contributed by atoms with Gasteiger partial charge in [-0.25, -0.2) is 8.42 Å². The van der Waals surface area contributed by atoms with E-state index in [1.54, 1.807) is 37.1 Å². The van der Waals surface area contributed by atoms with Crippen LogP contribution in [0.2, 0.25) is 0 Å². The second-order valence-electron chi connectivity index (χ2n) is 8.37. The van der Waals surface area contributed by atoms with E-state index in [4.69, 9.17) is 9.47 Å². The predicted octanol–water partition coefficient (Wildman–Crippen LogP) is 2.52. The average molecular weight is 474 g/mol. The van der Waals surface area contributed by atoms with Crippen LogP contribution in [0.5, 0.6) is 11.5 Å². The number of rotatable bonds is 7. The number of carbonyl (C=O) groups excluding carboxylic acids is 1. The first-order valence-electron chi connectivity index (χ1n) is 11.3. The number of methoxy groups -OCH3 is 1. The second kappa shape index (κ2) is 10.0. The molecule has 2 saturated heterocycles. The van der Waals surface area contributed by atoms with Gasteiger partial charge in [0.1, 0.15) is 11.5 Å². The van der Waals surface area contributed by atoms with Crippen molar-refractivity contribution in [2.24, 2.45) is 0 Å². The largest absolute Gasteiger partial charge is 0.495 e. The van der Waals surface area contributed by atoms with Crippen molar-refractivity contribution in [1.29, 1.82) is 0 Å². The smallest absolute Gasteiger partial charge is 0.260 e. The highest BCUT2D eigenvalue weighted by molar-refractivity contribution is 7.89. The highest BCUT2D eigenvalue weighted by Crippen LogP contribution is 2.29.